The van der Waals surface area contributed by atoms with Crippen molar-refractivity contribution in [2.75, 3.05) is 0 Å². The standard InChI is InChI=1S/C19H15N4.ClH/c1-4-10-16(11-5-1)19-20-22-23(21-19,17-12-6-2-7-13-17)18-14-8-3-9-15-18;/h1-15H;1H/q+1;/p-1. The van der Waals surface area contributed by atoms with Gasteiger partial charge < -0.3 is 12.4 Å². The Labute approximate surface area is 146 Å². The molecule has 0 aliphatic carbocycles. The van der Waals surface area contributed by atoms with Gasteiger partial charge in [-0.25, -0.2) is 0 Å². The molecule has 0 bridgehead atoms. The highest BCUT2D eigenvalue weighted by molar-refractivity contribution is 6.00. The van der Waals surface area contributed by atoms with Crippen molar-refractivity contribution in [2.45, 2.75) is 0 Å². The van der Waals surface area contributed by atoms with Crippen LogP contribution in [-0.4, -0.2) is 5.84 Å². The smallest absolute Gasteiger partial charge is 0.245 e. The number of benzene rings is 3. The molecule has 4 nitrogen and oxygen atoms in total. The van der Waals surface area contributed by atoms with Crippen LogP contribution in [0.2, 0.25) is 0 Å². The molecule has 118 valence electrons. The van der Waals surface area contributed by atoms with E-state index in [4.69, 9.17) is 5.10 Å². The molecule has 24 heavy (non-hydrogen) atoms. The molecule has 0 fully saturated rings. The van der Waals surface area contributed by atoms with Crippen LogP contribution in [0.3, 0.4) is 0 Å². The Bertz CT molecular complexity index is 822. The quantitative estimate of drug-likeness (QED) is 0.658. The largest absolute Gasteiger partial charge is 1.00 e. The second kappa shape index (κ2) is 6.74. The Morgan fingerprint density at radius 1 is 0.583 bits per heavy atom. The molecule has 3 aromatic carbocycles. The van der Waals surface area contributed by atoms with E-state index >= 15 is 0 Å². The Hall–Kier alpha value is -2.82. The number of rotatable bonds is 3. The topological polar surface area (TPSA) is 37.1 Å². The van der Waals surface area contributed by atoms with Crippen LogP contribution in [0, 0.1) is 0 Å². The van der Waals surface area contributed by atoms with Gasteiger partial charge in [0.25, 0.3) is 0 Å². The van der Waals surface area contributed by atoms with Crippen LogP contribution < -0.4 is 17.1 Å². The van der Waals surface area contributed by atoms with Gasteiger partial charge in [0.1, 0.15) is 0 Å². The monoisotopic (exact) mass is 334 g/mol. The third-order valence-corrected chi connectivity index (χ3v) is 3.77. The van der Waals surface area contributed by atoms with E-state index in [-0.39, 0.29) is 17.1 Å². The molecule has 4 rings (SSSR count). The van der Waals surface area contributed by atoms with Crippen molar-refractivity contribution in [3.63, 3.8) is 0 Å². The number of amidine groups is 1. The fraction of sp³-hybridized carbons (Fsp3) is 0. The zero-order valence-electron chi connectivity index (χ0n) is 12.8. The molecule has 0 radical (unpaired) electrons. The first-order chi connectivity index (χ1) is 11.4. The second-order valence-corrected chi connectivity index (χ2v) is 5.25. The first-order valence-electron chi connectivity index (χ1n) is 7.48. The second-order valence-electron chi connectivity index (χ2n) is 5.25. The van der Waals surface area contributed by atoms with Crippen LogP contribution in [-0.2, 0) is 0 Å². The first-order valence-corrected chi connectivity index (χ1v) is 7.48. The van der Waals surface area contributed by atoms with E-state index in [9.17, 15) is 0 Å². The number of hydrogen-bond acceptors (Lipinski definition) is 3. The zero-order chi connectivity index (χ0) is 15.5. The minimum atomic E-state index is 0. The van der Waals surface area contributed by atoms with Crippen LogP contribution in [0.25, 0.3) is 0 Å². The van der Waals surface area contributed by atoms with Crippen molar-refractivity contribution in [3.05, 3.63) is 96.6 Å². The van der Waals surface area contributed by atoms with Crippen LogP contribution in [0.1, 0.15) is 5.56 Å². The minimum absolute atomic E-state index is 0. The molecule has 0 spiro atoms. The third kappa shape index (κ3) is 2.73. The van der Waals surface area contributed by atoms with E-state index in [2.05, 4.69) is 10.3 Å². The number of para-hydroxylation sites is 2. The summed E-state index contributed by atoms with van der Waals surface area (Å²) in [6.07, 6.45) is 0. The van der Waals surface area contributed by atoms with Crippen molar-refractivity contribution in [2.24, 2.45) is 15.4 Å². The average Bonchev–Trinajstić information content (AvgIpc) is 3.11. The van der Waals surface area contributed by atoms with Gasteiger partial charge in [-0.1, -0.05) is 71.8 Å². The van der Waals surface area contributed by atoms with E-state index < -0.39 is 0 Å². The van der Waals surface area contributed by atoms with Crippen molar-refractivity contribution in [1.29, 1.82) is 0 Å². The van der Waals surface area contributed by atoms with Crippen LogP contribution in [0.5, 0.6) is 0 Å². The molecule has 0 amide bonds. The number of halogens is 1. The molecule has 0 saturated carbocycles. The molecular weight excluding hydrogens is 320 g/mol. The minimum Gasteiger partial charge on any atom is -1.00 e. The van der Waals surface area contributed by atoms with E-state index in [0.29, 0.717) is 5.84 Å². The number of nitrogens with zero attached hydrogens (tertiary/aromatic N) is 4. The van der Waals surface area contributed by atoms with Gasteiger partial charge >= 0.3 is 0 Å². The lowest BCUT2D eigenvalue weighted by Gasteiger charge is -2.19. The van der Waals surface area contributed by atoms with Crippen LogP contribution in [0.15, 0.2) is 106 Å². The Morgan fingerprint density at radius 2 is 1.04 bits per heavy atom. The molecule has 0 atom stereocenters. The molecule has 1 aliphatic heterocycles. The van der Waals surface area contributed by atoms with Crippen molar-refractivity contribution in [3.8, 4) is 0 Å². The van der Waals surface area contributed by atoms with Gasteiger partial charge in [0, 0.05) is 34.5 Å². The molecule has 0 saturated heterocycles. The predicted molar refractivity (Wildman–Crippen MR) is 92.2 cm³/mol. The Kier molecular flexibility index (Phi) is 4.51. The highest BCUT2D eigenvalue weighted by Gasteiger charge is 2.40. The summed E-state index contributed by atoms with van der Waals surface area (Å²) in [4.78, 5) is 0. The lowest BCUT2D eigenvalue weighted by Crippen LogP contribution is -3.00. The van der Waals surface area contributed by atoms with Gasteiger partial charge in [-0.05, 0) is 5.10 Å². The highest BCUT2D eigenvalue weighted by Crippen LogP contribution is 2.39. The van der Waals surface area contributed by atoms with E-state index in [1.165, 1.54) is 0 Å². The average molecular weight is 335 g/mol. The van der Waals surface area contributed by atoms with Gasteiger partial charge in [-0.15, -0.1) is 0 Å². The van der Waals surface area contributed by atoms with E-state index in [1.807, 2.05) is 91.0 Å². The predicted octanol–water partition coefficient (Wildman–Crippen LogP) is 2.07. The van der Waals surface area contributed by atoms with Gasteiger partial charge in [0.05, 0.1) is 5.22 Å². The molecular formula is C19H15ClN4. The van der Waals surface area contributed by atoms with Crippen molar-refractivity contribution >= 4 is 17.2 Å². The molecule has 1 aliphatic rings. The first kappa shape index (κ1) is 16.1. The summed E-state index contributed by atoms with van der Waals surface area (Å²) in [5, 5.41) is 13.7. The summed E-state index contributed by atoms with van der Waals surface area (Å²) in [5.74, 6) is 0.637. The van der Waals surface area contributed by atoms with Crippen LogP contribution in [0.4, 0.5) is 11.4 Å². The summed E-state index contributed by atoms with van der Waals surface area (Å²) in [5.41, 5.74) is 2.87. The van der Waals surface area contributed by atoms with E-state index in [0.717, 1.165) is 16.9 Å². The summed E-state index contributed by atoms with van der Waals surface area (Å²) >= 11 is 0. The Morgan fingerprint density at radius 3 is 1.54 bits per heavy atom. The van der Waals surface area contributed by atoms with Gasteiger partial charge in [0.2, 0.25) is 5.84 Å². The molecule has 0 N–H and O–H groups in total. The zero-order valence-corrected chi connectivity index (χ0v) is 13.6. The molecule has 5 heteroatoms. The van der Waals surface area contributed by atoms with Crippen LogP contribution >= 0.6 is 0 Å². The van der Waals surface area contributed by atoms with Gasteiger partial charge in [-0.2, -0.15) is 0 Å². The summed E-state index contributed by atoms with van der Waals surface area (Å²) in [6.45, 7) is 0. The summed E-state index contributed by atoms with van der Waals surface area (Å²) in [7, 11) is 0. The summed E-state index contributed by atoms with van der Waals surface area (Å²) < 4.78 is 0.00586. The maximum Gasteiger partial charge on any atom is 0.245 e. The highest BCUT2D eigenvalue weighted by atomic mass is 35.5. The fourth-order valence-corrected chi connectivity index (χ4v) is 2.63. The molecule has 3 aromatic rings. The van der Waals surface area contributed by atoms with Gasteiger partial charge in [0.15, 0.2) is 11.4 Å². The van der Waals surface area contributed by atoms with E-state index in [1.54, 1.807) is 0 Å². The molecule has 0 unspecified atom stereocenters. The maximum absolute atomic E-state index is 4.85. The van der Waals surface area contributed by atoms with Crippen molar-refractivity contribution < 1.29 is 12.4 Å². The molecule has 1 heterocycles. The maximum atomic E-state index is 4.85. The number of hydrogen-bond donors (Lipinski definition) is 0. The third-order valence-electron chi connectivity index (χ3n) is 3.77. The van der Waals surface area contributed by atoms with Gasteiger partial charge in [-0.3, -0.25) is 0 Å². The number of quaternary nitrogens is 1. The lowest BCUT2D eigenvalue weighted by molar-refractivity contribution is -0.00000460. The SMILES string of the molecule is [Cl-].c1ccc(C2=N[N+](c3ccccc3)(c3ccccc3)N=N2)cc1. The van der Waals surface area contributed by atoms with Crippen molar-refractivity contribution in [1.82, 2.24) is 4.70 Å². The normalized spacial score (nSPS) is 14.8. The lowest BCUT2D eigenvalue weighted by atomic mass is 10.2. The summed E-state index contributed by atoms with van der Waals surface area (Å²) in [6, 6.07) is 29.9. The Balaban J connectivity index is 0.00000169. The fourth-order valence-electron chi connectivity index (χ4n) is 2.63. The molecule has 0 aromatic heterocycles.